The van der Waals surface area contributed by atoms with E-state index in [-0.39, 0.29) is 27.6 Å². The molecule has 0 amide bonds. The number of carbonyl (C=O) groups is 2. The largest absolute Gasteiger partial charge is 0.300 e. The van der Waals surface area contributed by atoms with Crippen molar-refractivity contribution in [2.24, 2.45) is 0 Å². The molecule has 0 aliphatic rings. The molecule has 2 nitrogen and oxygen atoms in total. The number of hydrogen-bond acceptors (Lipinski definition) is 3. The average Bonchev–Trinajstić information content (AvgIpc) is 2.78. The summed E-state index contributed by atoms with van der Waals surface area (Å²) in [5.74, 6) is 0.565. The van der Waals surface area contributed by atoms with Crippen molar-refractivity contribution in [3.05, 3.63) is 70.8 Å². The van der Waals surface area contributed by atoms with E-state index in [0.29, 0.717) is 25.7 Å². The lowest BCUT2D eigenvalue weighted by Crippen LogP contribution is -2.12. The zero-order valence-corrected chi connectivity index (χ0v) is 23.0. The maximum Gasteiger partial charge on any atom is 0.133 e. The molecule has 0 N–H and O–H groups in total. The lowest BCUT2D eigenvalue weighted by Gasteiger charge is -2.19. The normalized spacial score (nSPS) is 12.2. The Morgan fingerprint density at radius 1 is 0.676 bits per heavy atom. The summed E-state index contributed by atoms with van der Waals surface area (Å²) >= 11 is 4.64. The van der Waals surface area contributed by atoms with Crippen molar-refractivity contribution in [1.82, 2.24) is 0 Å². The van der Waals surface area contributed by atoms with E-state index in [1.807, 2.05) is 0 Å². The highest BCUT2D eigenvalue weighted by atomic mass is 32.1. The second-order valence-corrected chi connectivity index (χ2v) is 12.4. The van der Waals surface area contributed by atoms with Crippen LogP contribution in [0, 0.1) is 0 Å². The third kappa shape index (κ3) is 10.2. The Kier molecular flexibility index (Phi) is 10.6. The molecule has 2 aromatic carbocycles. The van der Waals surface area contributed by atoms with Gasteiger partial charge in [-0.25, -0.2) is 0 Å². The van der Waals surface area contributed by atoms with Crippen LogP contribution in [0.25, 0.3) is 0 Å². The third-order valence-corrected chi connectivity index (χ3v) is 7.00. The van der Waals surface area contributed by atoms with Crippen molar-refractivity contribution >= 4 is 24.2 Å². The molecule has 0 fully saturated rings. The van der Waals surface area contributed by atoms with Crippen LogP contribution in [0.2, 0.25) is 0 Å². The number of hydrogen-bond donors (Lipinski definition) is 1. The third-order valence-electron chi connectivity index (χ3n) is 6.48. The van der Waals surface area contributed by atoms with Gasteiger partial charge in [0.05, 0.1) is 0 Å². The second-order valence-electron chi connectivity index (χ2n) is 11.7. The van der Waals surface area contributed by atoms with Crippen molar-refractivity contribution in [2.75, 3.05) is 0 Å². The number of ketones is 2. The van der Waals surface area contributed by atoms with Gasteiger partial charge in [-0.2, -0.15) is 12.6 Å². The molecule has 186 valence electrons. The van der Waals surface area contributed by atoms with Crippen LogP contribution in [0.1, 0.15) is 102 Å². The summed E-state index contributed by atoms with van der Waals surface area (Å²) in [6.07, 6.45) is 5.28. The van der Waals surface area contributed by atoms with Gasteiger partial charge in [0.25, 0.3) is 0 Å². The first kappa shape index (κ1) is 28.4. The van der Waals surface area contributed by atoms with Gasteiger partial charge in [0.15, 0.2) is 0 Å². The van der Waals surface area contributed by atoms with Gasteiger partial charge in [-0.1, -0.05) is 90.1 Å². The monoisotopic (exact) mass is 480 g/mol. The summed E-state index contributed by atoms with van der Waals surface area (Å²) in [4.78, 5) is 24.8. The van der Waals surface area contributed by atoms with Crippen LogP contribution in [0.5, 0.6) is 0 Å². The summed E-state index contributed by atoms with van der Waals surface area (Å²) in [5, 5.41) is 0.0985. The molecule has 0 saturated carbocycles. The topological polar surface area (TPSA) is 34.1 Å². The van der Waals surface area contributed by atoms with Crippen LogP contribution in [0.3, 0.4) is 0 Å². The zero-order valence-electron chi connectivity index (χ0n) is 22.1. The van der Waals surface area contributed by atoms with Crippen molar-refractivity contribution in [1.29, 1.82) is 0 Å². The highest BCUT2D eigenvalue weighted by Crippen LogP contribution is 2.24. The highest BCUT2D eigenvalue weighted by molar-refractivity contribution is 7.80. The minimum absolute atomic E-state index is 0.0985. The Morgan fingerprint density at radius 3 is 1.41 bits per heavy atom. The van der Waals surface area contributed by atoms with Gasteiger partial charge in [-0.3, -0.25) is 9.59 Å². The van der Waals surface area contributed by atoms with Crippen molar-refractivity contribution in [3.8, 4) is 0 Å². The number of Topliss-reactive ketones (excluding diaryl/α,β-unsaturated/α-hetero) is 2. The van der Waals surface area contributed by atoms with Gasteiger partial charge in [-0.05, 0) is 58.8 Å². The van der Waals surface area contributed by atoms with Crippen LogP contribution < -0.4 is 0 Å². The fourth-order valence-corrected chi connectivity index (χ4v) is 4.26. The second kappa shape index (κ2) is 12.7. The Balaban J connectivity index is 1.67. The molecule has 0 heterocycles. The molecule has 0 unspecified atom stereocenters. The number of rotatable bonds is 12. The van der Waals surface area contributed by atoms with Crippen LogP contribution in [-0.4, -0.2) is 16.8 Å². The molecule has 0 spiro atoms. The lowest BCUT2D eigenvalue weighted by molar-refractivity contribution is -0.119. The molecular formula is C31H44O2S. The van der Waals surface area contributed by atoms with E-state index in [4.69, 9.17) is 0 Å². The smallest absolute Gasteiger partial charge is 0.133 e. The molecule has 2 aromatic rings. The summed E-state index contributed by atoms with van der Waals surface area (Å²) in [5.41, 5.74) is 5.29. The Bertz CT molecular complexity index is 869. The van der Waals surface area contributed by atoms with E-state index >= 15 is 0 Å². The number of benzene rings is 2. The number of thiol groups is 1. The standard InChI is InChI=1S/C31H44O2S/c1-30(2,3)25-11-7-9-23(21-25)13-15-27(32)17-19-29(34)20-18-28(33)16-14-24-10-8-12-26(22-24)31(4,5)6/h7-12,21-22,29,34H,13-20H2,1-6H3. The molecule has 0 saturated heterocycles. The molecule has 3 heteroatoms. The van der Waals surface area contributed by atoms with Gasteiger partial charge in [0.1, 0.15) is 11.6 Å². The van der Waals surface area contributed by atoms with Crippen molar-refractivity contribution in [3.63, 3.8) is 0 Å². The summed E-state index contributed by atoms with van der Waals surface area (Å²) in [7, 11) is 0. The molecule has 0 aromatic heterocycles. The average molecular weight is 481 g/mol. The lowest BCUT2D eigenvalue weighted by atomic mass is 9.85. The molecule has 0 radical (unpaired) electrons. The minimum Gasteiger partial charge on any atom is -0.300 e. The fourth-order valence-electron chi connectivity index (χ4n) is 4.00. The predicted octanol–water partition coefficient (Wildman–Crippen LogP) is 7.84. The molecule has 34 heavy (non-hydrogen) atoms. The fraction of sp³-hybridized carbons (Fsp3) is 0.548. The van der Waals surface area contributed by atoms with E-state index in [1.54, 1.807) is 0 Å². The maximum absolute atomic E-state index is 12.4. The van der Waals surface area contributed by atoms with E-state index in [0.717, 1.165) is 25.7 Å². The SMILES string of the molecule is CC(C)(C)c1cccc(CCC(=O)CCC(S)CCC(=O)CCc2cccc(C(C)(C)C)c2)c1. The first-order valence-electron chi connectivity index (χ1n) is 12.7. The van der Waals surface area contributed by atoms with Crippen molar-refractivity contribution in [2.45, 2.75) is 109 Å². The zero-order chi connectivity index (χ0) is 25.4. The molecule has 0 aliphatic heterocycles. The van der Waals surface area contributed by atoms with Gasteiger partial charge in [0.2, 0.25) is 0 Å². The molecule has 0 aliphatic carbocycles. The van der Waals surface area contributed by atoms with Gasteiger partial charge in [0, 0.05) is 30.9 Å². The molecule has 2 rings (SSSR count). The number of carbonyl (C=O) groups excluding carboxylic acids is 2. The highest BCUT2D eigenvalue weighted by Gasteiger charge is 2.16. The van der Waals surface area contributed by atoms with Gasteiger partial charge in [-0.15, -0.1) is 0 Å². The van der Waals surface area contributed by atoms with E-state index < -0.39 is 0 Å². The molecule has 0 bridgehead atoms. The summed E-state index contributed by atoms with van der Waals surface area (Å²) < 4.78 is 0. The van der Waals surface area contributed by atoms with E-state index in [2.05, 4.69) is 103 Å². The summed E-state index contributed by atoms with van der Waals surface area (Å²) in [6, 6.07) is 17.1. The van der Waals surface area contributed by atoms with E-state index in [1.165, 1.54) is 22.3 Å². The Hall–Kier alpha value is -1.87. The van der Waals surface area contributed by atoms with Crippen LogP contribution in [0.15, 0.2) is 48.5 Å². The number of aryl methyl sites for hydroxylation is 2. The quantitative estimate of drug-likeness (QED) is 0.314. The summed E-state index contributed by atoms with van der Waals surface area (Å²) in [6.45, 7) is 13.2. The predicted molar refractivity (Wildman–Crippen MR) is 148 cm³/mol. The van der Waals surface area contributed by atoms with Gasteiger partial charge >= 0.3 is 0 Å². The van der Waals surface area contributed by atoms with Gasteiger partial charge < -0.3 is 0 Å². The van der Waals surface area contributed by atoms with E-state index in [9.17, 15) is 9.59 Å². The first-order chi connectivity index (χ1) is 15.8. The molecule has 0 atom stereocenters. The Morgan fingerprint density at radius 2 is 1.06 bits per heavy atom. The van der Waals surface area contributed by atoms with Crippen LogP contribution >= 0.6 is 12.6 Å². The maximum atomic E-state index is 12.4. The Labute approximate surface area is 213 Å². The molecular weight excluding hydrogens is 436 g/mol. The van der Waals surface area contributed by atoms with Crippen molar-refractivity contribution < 1.29 is 9.59 Å². The minimum atomic E-state index is 0.0985. The van der Waals surface area contributed by atoms with Crippen LogP contribution in [-0.2, 0) is 33.3 Å². The van der Waals surface area contributed by atoms with Crippen LogP contribution in [0.4, 0.5) is 0 Å². The first-order valence-corrected chi connectivity index (χ1v) is 13.3.